The van der Waals surface area contributed by atoms with Crippen LogP contribution in [-0.4, -0.2) is 24.9 Å². The Morgan fingerprint density at radius 3 is 2.90 bits per heavy atom. The predicted octanol–water partition coefficient (Wildman–Crippen LogP) is 1.93. The molecule has 21 heavy (non-hydrogen) atoms. The fourth-order valence-electron chi connectivity index (χ4n) is 2.78. The topological polar surface area (TPSA) is 70.2 Å². The van der Waals surface area contributed by atoms with Crippen molar-refractivity contribution in [3.8, 4) is 0 Å². The third kappa shape index (κ3) is 3.74. The molecule has 2 aliphatic rings. The second-order valence-corrected chi connectivity index (χ2v) is 5.45. The number of rotatable bonds is 2. The molecule has 1 fully saturated rings. The smallest absolute Gasteiger partial charge is 0.228 e. The SMILES string of the molecule is Cl.O=C1CCCc2cc(NC(=O)C3CCNC3)ccc2N1. The van der Waals surface area contributed by atoms with Gasteiger partial charge in [0.15, 0.2) is 0 Å². The van der Waals surface area contributed by atoms with Gasteiger partial charge in [-0.15, -0.1) is 12.4 Å². The average molecular weight is 310 g/mol. The number of carbonyl (C=O) groups is 2. The first kappa shape index (κ1) is 15.8. The van der Waals surface area contributed by atoms with E-state index in [1.165, 1.54) is 0 Å². The van der Waals surface area contributed by atoms with E-state index in [0.29, 0.717) is 6.42 Å². The molecular formula is C15H20ClN3O2. The fraction of sp³-hybridized carbons (Fsp3) is 0.467. The molecule has 3 N–H and O–H groups in total. The van der Waals surface area contributed by atoms with E-state index in [1.54, 1.807) is 0 Å². The summed E-state index contributed by atoms with van der Waals surface area (Å²) in [7, 11) is 0. The maximum atomic E-state index is 12.1. The molecule has 6 heteroatoms. The highest BCUT2D eigenvalue weighted by molar-refractivity contribution is 5.95. The standard InChI is InChI=1S/C15H19N3O2.ClH/c19-14-3-1-2-10-8-12(4-5-13(10)18-14)17-15(20)11-6-7-16-9-11;/h4-5,8,11,16H,1-3,6-7,9H2,(H,17,20)(H,18,19);1H. The molecule has 1 saturated heterocycles. The first-order valence-corrected chi connectivity index (χ1v) is 7.17. The van der Waals surface area contributed by atoms with Crippen molar-refractivity contribution in [1.82, 2.24) is 5.32 Å². The number of aryl methyl sites for hydroxylation is 1. The van der Waals surface area contributed by atoms with Crippen LogP contribution in [0.4, 0.5) is 11.4 Å². The van der Waals surface area contributed by atoms with Gasteiger partial charge in [0.25, 0.3) is 0 Å². The van der Waals surface area contributed by atoms with Crippen molar-refractivity contribution < 1.29 is 9.59 Å². The summed E-state index contributed by atoms with van der Waals surface area (Å²) in [5, 5.41) is 9.06. The van der Waals surface area contributed by atoms with Crippen LogP contribution in [-0.2, 0) is 16.0 Å². The fourth-order valence-corrected chi connectivity index (χ4v) is 2.78. The van der Waals surface area contributed by atoms with Crippen LogP contribution < -0.4 is 16.0 Å². The summed E-state index contributed by atoms with van der Waals surface area (Å²) in [5.74, 6) is 0.207. The van der Waals surface area contributed by atoms with Crippen molar-refractivity contribution in [2.75, 3.05) is 23.7 Å². The number of anilines is 2. The normalized spacial score (nSPS) is 20.8. The summed E-state index contributed by atoms with van der Waals surface area (Å²) in [6, 6.07) is 5.70. The largest absolute Gasteiger partial charge is 0.326 e. The molecule has 0 radical (unpaired) electrons. The van der Waals surface area contributed by atoms with Crippen LogP contribution in [0.1, 0.15) is 24.8 Å². The lowest BCUT2D eigenvalue weighted by Crippen LogP contribution is -2.24. The zero-order valence-corrected chi connectivity index (χ0v) is 12.6. The first-order valence-electron chi connectivity index (χ1n) is 7.17. The molecule has 0 aromatic heterocycles. The number of nitrogens with one attached hydrogen (secondary N) is 3. The van der Waals surface area contributed by atoms with Gasteiger partial charge in [0.2, 0.25) is 11.8 Å². The van der Waals surface area contributed by atoms with Crippen LogP contribution in [0.25, 0.3) is 0 Å². The van der Waals surface area contributed by atoms with Gasteiger partial charge >= 0.3 is 0 Å². The average Bonchev–Trinajstić information content (AvgIpc) is 2.89. The monoisotopic (exact) mass is 309 g/mol. The van der Waals surface area contributed by atoms with Gasteiger partial charge in [-0.3, -0.25) is 9.59 Å². The molecule has 0 bridgehead atoms. The summed E-state index contributed by atoms with van der Waals surface area (Å²) in [6.45, 7) is 1.67. The molecule has 0 saturated carbocycles. The number of benzene rings is 1. The molecule has 1 aromatic rings. The van der Waals surface area contributed by atoms with Crippen molar-refractivity contribution in [3.05, 3.63) is 23.8 Å². The van der Waals surface area contributed by atoms with E-state index in [4.69, 9.17) is 0 Å². The van der Waals surface area contributed by atoms with Gasteiger partial charge in [-0.05, 0) is 49.6 Å². The first-order chi connectivity index (χ1) is 9.72. The minimum atomic E-state index is 0. The molecule has 0 spiro atoms. The second-order valence-electron chi connectivity index (χ2n) is 5.45. The predicted molar refractivity (Wildman–Crippen MR) is 84.9 cm³/mol. The van der Waals surface area contributed by atoms with Crippen LogP contribution >= 0.6 is 12.4 Å². The molecule has 1 unspecified atom stereocenters. The third-order valence-electron chi connectivity index (χ3n) is 3.93. The molecular weight excluding hydrogens is 290 g/mol. The summed E-state index contributed by atoms with van der Waals surface area (Å²) in [5.41, 5.74) is 2.78. The molecule has 5 nitrogen and oxygen atoms in total. The Morgan fingerprint density at radius 1 is 1.29 bits per heavy atom. The summed E-state index contributed by atoms with van der Waals surface area (Å²) < 4.78 is 0. The van der Waals surface area contributed by atoms with Gasteiger partial charge in [-0.1, -0.05) is 0 Å². The number of hydrogen-bond donors (Lipinski definition) is 3. The lowest BCUT2D eigenvalue weighted by molar-refractivity contribution is -0.119. The zero-order valence-electron chi connectivity index (χ0n) is 11.8. The van der Waals surface area contributed by atoms with E-state index in [0.717, 1.165) is 49.3 Å². The molecule has 2 aliphatic heterocycles. The quantitative estimate of drug-likeness (QED) is 0.782. The number of hydrogen-bond acceptors (Lipinski definition) is 3. The Morgan fingerprint density at radius 2 is 2.14 bits per heavy atom. The summed E-state index contributed by atoms with van der Waals surface area (Å²) in [4.78, 5) is 23.6. The number of carbonyl (C=O) groups excluding carboxylic acids is 2. The molecule has 3 rings (SSSR count). The Balaban J connectivity index is 0.00000161. The molecule has 2 amide bonds. The lowest BCUT2D eigenvalue weighted by atomic mass is 10.1. The highest BCUT2D eigenvalue weighted by atomic mass is 35.5. The summed E-state index contributed by atoms with van der Waals surface area (Å²) >= 11 is 0. The van der Waals surface area contributed by atoms with Gasteiger partial charge in [0, 0.05) is 24.3 Å². The molecule has 2 heterocycles. The van der Waals surface area contributed by atoms with Crippen molar-refractivity contribution in [2.24, 2.45) is 5.92 Å². The molecule has 1 atom stereocenters. The number of amides is 2. The molecule has 0 aliphatic carbocycles. The highest BCUT2D eigenvalue weighted by Gasteiger charge is 2.22. The van der Waals surface area contributed by atoms with E-state index in [1.807, 2.05) is 18.2 Å². The van der Waals surface area contributed by atoms with Gasteiger partial charge in [-0.2, -0.15) is 0 Å². The Kier molecular flexibility index (Phi) is 5.20. The van der Waals surface area contributed by atoms with Crippen molar-refractivity contribution in [3.63, 3.8) is 0 Å². The van der Waals surface area contributed by atoms with E-state index in [9.17, 15) is 9.59 Å². The number of halogens is 1. The van der Waals surface area contributed by atoms with E-state index in [2.05, 4.69) is 16.0 Å². The van der Waals surface area contributed by atoms with Crippen molar-refractivity contribution in [1.29, 1.82) is 0 Å². The minimum absolute atomic E-state index is 0. The van der Waals surface area contributed by atoms with Gasteiger partial charge in [0.1, 0.15) is 0 Å². The minimum Gasteiger partial charge on any atom is -0.326 e. The van der Waals surface area contributed by atoms with E-state index < -0.39 is 0 Å². The van der Waals surface area contributed by atoms with Gasteiger partial charge in [0.05, 0.1) is 5.92 Å². The van der Waals surface area contributed by atoms with E-state index >= 15 is 0 Å². The van der Waals surface area contributed by atoms with Crippen LogP contribution in [0.5, 0.6) is 0 Å². The number of fused-ring (bicyclic) bond motifs is 1. The maximum Gasteiger partial charge on any atom is 0.228 e. The molecule has 114 valence electrons. The van der Waals surface area contributed by atoms with Crippen LogP contribution in [0.2, 0.25) is 0 Å². The summed E-state index contributed by atoms with van der Waals surface area (Å²) in [6.07, 6.45) is 3.17. The highest BCUT2D eigenvalue weighted by Crippen LogP contribution is 2.25. The van der Waals surface area contributed by atoms with Gasteiger partial charge < -0.3 is 16.0 Å². The lowest BCUT2D eigenvalue weighted by Gasteiger charge is -2.12. The van der Waals surface area contributed by atoms with Crippen molar-refractivity contribution >= 4 is 35.6 Å². The maximum absolute atomic E-state index is 12.1. The van der Waals surface area contributed by atoms with Gasteiger partial charge in [-0.25, -0.2) is 0 Å². The Bertz CT molecular complexity index is 542. The molecule has 1 aromatic carbocycles. The Labute approximate surface area is 130 Å². The second kappa shape index (κ2) is 6.91. The Hall–Kier alpha value is -1.59. The third-order valence-corrected chi connectivity index (χ3v) is 3.93. The van der Waals surface area contributed by atoms with Crippen LogP contribution in [0.15, 0.2) is 18.2 Å². The van der Waals surface area contributed by atoms with Crippen LogP contribution in [0.3, 0.4) is 0 Å². The van der Waals surface area contributed by atoms with Crippen molar-refractivity contribution in [2.45, 2.75) is 25.7 Å². The zero-order chi connectivity index (χ0) is 13.9. The van der Waals surface area contributed by atoms with Crippen LogP contribution in [0, 0.1) is 5.92 Å². The van der Waals surface area contributed by atoms with E-state index in [-0.39, 0.29) is 30.1 Å².